The Morgan fingerprint density at radius 1 is 1.21 bits per heavy atom. The molecule has 10 nitrogen and oxygen atoms in total. The predicted octanol–water partition coefficient (Wildman–Crippen LogP) is 1.74. The van der Waals surface area contributed by atoms with Crippen LogP contribution < -0.4 is 10.6 Å². The zero-order valence-electron chi connectivity index (χ0n) is 21.5. The van der Waals surface area contributed by atoms with E-state index in [4.69, 9.17) is 4.74 Å². The van der Waals surface area contributed by atoms with Gasteiger partial charge in [-0.15, -0.1) is 0 Å². The summed E-state index contributed by atoms with van der Waals surface area (Å²) < 4.78 is 19.0. The number of hydrogen-bond donors (Lipinski definition) is 5. The number of nitrogens with zero attached hydrogens (tertiary/aromatic N) is 1. The minimum absolute atomic E-state index is 0.0238. The van der Waals surface area contributed by atoms with Gasteiger partial charge in [0, 0.05) is 42.3 Å². The van der Waals surface area contributed by atoms with Crippen LogP contribution in [0, 0.1) is 19.7 Å². The van der Waals surface area contributed by atoms with Crippen LogP contribution in [0.3, 0.4) is 0 Å². The van der Waals surface area contributed by atoms with E-state index in [-0.39, 0.29) is 43.5 Å². The Bertz CT molecular complexity index is 1250. The number of aromatic nitrogens is 1. The maximum absolute atomic E-state index is 13.8. The number of aliphatic hydroxyl groups excluding tert-OH is 2. The summed E-state index contributed by atoms with van der Waals surface area (Å²) in [6.07, 6.45) is -0.112. The van der Waals surface area contributed by atoms with E-state index >= 15 is 0 Å². The van der Waals surface area contributed by atoms with Crippen molar-refractivity contribution in [1.82, 2.24) is 15.2 Å². The number of morpholine rings is 1. The number of rotatable bonds is 9. The Morgan fingerprint density at radius 3 is 2.68 bits per heavy atom. The Hall–Kier alpha value is -3.54. The Balaban J connectivity index is 1.31. The highest BCUT2D eigenvalue weighted by Crippen LogP contribution is 2.34. The lowest BCUT2D eigenvalue weighted by atomic mass is 10.0. The molecule has 1 saturated heterocycles. The second-order valence-electron chi connectivity index (χ2n) is 9.65. The number of amides is 3. The van der Waals surface area contributed by atoms with E-state index in [2.05, 4.69) is 15.6 Å². The molecule has 1 aromatic carbocycles. The fourth-order valence-corrected chi connectivity index (χ4v) is 4.81. The first kappa shape index (κ1) is 27.5. The van der Waals surface area contributed by atoms with Crippen molar-refractivity contribution in [1.29, 1.82) is 0 Å². The molecule has 2 aliphatic rings. The number of hydrogen-bond acceptors (Lipinski definition) is 6. The zero-order valence-corrected chi connectivity index (χ0v) is 21.5. The van der Waals surface area contributed by atoms with Gasteiger partial charge in [0.1, 0.15) is 5.82 Å². The predicted molar refractivity (Wildman–Crippen MR) is 139 cm³/mol. The quantitative estimate of drug-likeness (QED) is 0.314. The summed E-state index contributed by atoms with van der Waals surface area (Å²) in [5.74, 6) is -1.33. The largest absolute Gasteiger partial charge is 0.393 e. The molecule has 3 amide bonds. The van der Waals surface area contributed by atoms with Gasteiger partial charge in [-0.1, -0.05) is 0 Å². The van der Waals surface area contributed by atoms with E-state index in [1.165, 1.54) is 18.2 Å². The standard InChI is InChI=1S/C27H33FN4O6/c1-15-23(14-21-20-11-17(28)3-4-22(20)31-26(21)36)30-16(2)25(15)27(37)29-6-5-18(33)12-19(34)13-24(35)32-7-9-38-10-8-32/h3-4,11,14,18-19,30,33-34H,5-10,12-13H2,1-2H3,(H,29,37)(H,31,36)/t18-,19-/m1/s1. The SMILES string of the molecule is Cc1[nH]c(C=C2C(=O)Nc3ccc(F)cc32)c(C)c1C(=O)NCC[C@@H](O)C[C@@H](O)CC(=O)N1CCOCC1. The fourth-order valence-electron chi connectivity index (χ4n) is 4.81. The average molecular weight is 529 g/mol. The average Bonchev–Trinajstić information content (AvgIpc) is 3.33. The van der Waals surface area contributed by atoms with E-state index in [1.54, 1.807) is 24.8 Å². The molecule has 0 spiro atoms. The van der Waals surface area contributed by atoms with Crippen molar-refractivity contribution in [3.05, 3.63) is 52.1 Å². The molecule has 0 aliphatic carbocycles. The summed E-state index contributed by atoms with van der Waals surface area (Å²) in [6.45, 7) is 5.61. The molecule has 1 aromatic heterocycles. The topological polar surface area (TPSA) is 144 Å². The number of fused-ring (bicyclic) bond motifs is 1. The van der Waals surface area contributed by atoms with Gasteiger partial charge in [-0.25, -0.2) is 4.39 Å². The molecule has 0 radical (unpaired) electrons. The minimum Gasteiger partial charge on any atom is -0.393 e. The van der Waals surface area contributed by atoms with Crippen molar-refractivity contribution < 1.29 is 33.7 Å². The van der Waals surface area contributed by atoms with E-state index in [9.17, 15) is 29.0 Å². The van der Waals surface area contributed by atoms with Gasteiger partial charge in [0.25, 0.3) is 11.8 Å². The van der Waals surface area contributed by atoms with Crippen molar-refractivity contribution in [2.45, 2.75) is 45.3 Å². The van der Waals surface area contributed by atoms with Gasteiger partial charge in [0.05, 0.1) is 43.0 Å². The molecule has 11 heteroatoms. The highest BCUT2D eigenvalue weighted by Gasteiger charge is 2.26. The molecular weight excluding hydrogens is 495 g/mol. The number of nitrogens with one attached hydrogen (secondary N) is 3. The van der Waals surface area contributed by atoms with Crippen LogP contribution in [-0.4, -0.2) is 82.9 Å². The van der Waals surface area contributed by atoms with Crippen LogP contribution >= 0.6 is 0 Å². The van der Waals surface area contributed by atoms with Gasteiger partial charge in [-0.2, -0.15) is 0 Å². The maximum atomic E-state index is 13.8. The molecule has 3 heterocycles. The number of benzene rings is 1. The third-order valence-electron chi connectivity index (χ3n) is 6.84. The number of aliphatic hydroxyl groups is 2. The third-order valence-corrected chi connectivity index (χ3v) is 6.84. The number of carbonyl (C=O) groups excluding carboxylic acids is 3. The Kier molecular flexibility index (Phi) is 8.60. The number of halogens is 1. The first-order valence-electron chi connectivity index (χ1n) is 12.7. The lowest BCUT2D eigenvalue weighted by molar-refractivity contribution is -0.137. The summed E-state index contributed by atoms with van der Waals surface area (Å²) in [7, 11) is 0. The van der Waals surface area contributed by atoms with Crippen LogP contribution in [0.25, 0.3) is 11.6 Å². The van der Waals surface area contributed by atoms with E-state index in [0.29, 0.717) is 65.6 Å². The second kappa shape index (κ2) is 11.9. The van der Waals surface area contributed by atoms with Gasteiger partial charge in [0.2, 0.25) is 5.91 Å². The lowest BCUT2D eigenvalue weighted by Crippen LogP contribution is -2.42. The van der Waals surface area contributed by atoms with Crippen molar-refractivity contribution >= 4 is 35.1 Å². The number of anilines is 1. The molecular formula is C27H33FN4O6. The van der Waals surface area contributed by atoms with Crippen LogP contribution in [0.1, 0.15) is 52.1 Å². The van der Waals surface area contributed by atoms with Crippen LogP contribution in [-0.2, 0) is 14.3 Å². The van der Waals surface area contributed by atoms with Crippen molar-refractivity contribution in [2.75, 3.05) is 38.2 Å². The zero-order chi connectivity index (χ0) is 27.4. The van der Waals surface area contributed by atoms with Crippen molar-refractivity contribution in [2.24, 2.45) is 0 Å². The molecule has 0 bridgehead atoms. The first-order chi connectivity index (χ1) is 18.1. The highest BCUT2D eigenvalue weighted by molar-refractivity contribution is 6.34. The van der Waals surface area contributed by atoms with Gasteiger partial charge >= 0.3 is 0 Å². The lowest BCUT2D eigenvalue weighted by Gasteiger charge is -2.28. The van der Waals surface area contributed by atoms with E-state index in [1.807, 2.05) is 0 Å². The van der Waals surface area contributed by atoms with Gasteiger partial charge in [0.15, 0.2) is 0 Å². The molecule has 1 fully saturated rings. The molecule has 0 saturated carbocycles. The Morgan fingerprint density at radius 2 is 1.95 bits per heavy atom. The third kappa shape index (κ3) is 6.29. The van der Waals surface area contributed by atoms with Crippen molar-refractivity contribution in [3.8, 4) is 0 Å². The van der Waals surface area contributed by atoms with Gasteiger partial charge in [-0.05, 0) is 56.5 Å². The van der Waals surface area contributed by atoms with Crippen LogP contribution in [0.4, 0.5) is 10.1 Å². The number of H-pyrrole nitrogens is 1. The van der Waals surface area contributed by atoms with E-state index < -0.39 is 18.0 Å². The molecule has 204 valence electrons. The summed E-state index contributed by atoms with van der Waals surface area (Å²) in [4.78, 5) is 42.3. The number of aryl methyl sites for hydroxylation is 1. The van der Waals surface area contributed by atoms with Crippen molar-refractivity contribution in [3.63, 3.8) is 0 Å². The second-order valence-corrected chi connectivity index (χ2v) is 9.65. The molecule has 2 aliphatic heterocycles. The normalized spacial score (nSPS) is 17.8. The smallest absolute Gasteiger partial charge is 0.256 e. The molecule has 5 N–H and O–H groups in total. The van der Waals surface area contributed by atoms with Crippen LogP contribution in [0.2, 0.25) is 0 Å². The van der Waals surface area contributed by atoms with Gasteiger partial charge in [-0.3, -0.25) is 14.4 Å². The summed E-state index contributed by atoms with van der Waals surface area (Å²) in [5, 5.41) is 26.0. The number of ether oxygens (including phenoxy) is 1. The maximum Gasteiger partial charge on any atom is 0.256 e. The molecule has 38 heavy (non-hydrogen) atoms. The highest BCUT2D eigenvalue weighted by atomic mass is 19.1. The molecule has 0 unspecified atom stereocenters. The van der Waals surface area contributed by atoms with Crippen LogP contribution in [0.15, 0.2) is 18.2 Å². The van der Waals surface area contributed by atoms with Crippen LogP contribution in [0.5, 0.6) is 0 Å². The summed E-state index contributed by atoms with van der Waals surface area (Å²) in [6, 6.07) is 4.07. The van der Waals surface area contributed by atoms with E-state index in [0.717, 1.165) is 0 Å². The summed E-state index contributed by atoms with van der Waals surface area (Å²) in [5.41, 5.74) is 3.48. The molecule has 4 rings (SSSR count). The monoisotopic (exact) mass is 528 g/mol. The minimum atomic E-state index is -0.979. The molecule has 2 aromatic rings. The Labute approximate surface area is 219 Å². The molecule has 2 atom stereocenters. The number of aromatic amines is 1. The summed E-state index contributed by atoms with van der Waals surface area (Å²) >= 11 is 0. The fraction of sp³-hybridized carbons (Fsp3) is 0.444. The number of carbonyl (C=O) groups is 3. The first-order valence-corrected chi connectivity index (χ1v) is 12.7. The van der Waals surface area contributed by atoms with Gasteiger partial charge < -0.3 is 35.5 Å².